The molecule has 1 aromatic rings. The molecule has 1 aliphatic heterocycles. The van der Waals surface area contributed by atoms with Gasteiger partial charge in [-0.1, -0.05) is 0 Å². The summed E-state index contributed by atoms with van der Waals surface area (Å²) < 4.78 is 30.6. The Balaban J connectivity index is 1.97. The number of benzene rings is 1. The van der Waals surface area contributed by atoms with E-state index in [1.807, 2.05) is 0 Å². The smallest absolute Gasteiger partial charge is 0.251 e. The highest BCUT2D eigenvalue weighted by molar-refractivity contribution is 5.94. The fourth-order valence-corrected chi connectivity index (χ4v) is 1.72. The Labute approximate surface area is 103 Å². The van der Waals surface area contributed by atoms with Gasteiger partial charge in [0.1, 0.15) is 5.60 Å². The maximum Gasteiger partial charge on any atom is 0.251 e. The van der Waals surface area contributed by atoms with Crippen molar-refractivity contribution in [2.75, 3.05) is 19.8 Å². The van der Waals surface area contributed by atoms with E-state index in [0.29, 0.717) is 13.0 Å². The van der Waals surface area contributed by atoms with Gasteiger partial charge in [0.05, 0.1) is 6.61 Å². The van der Waals surface area contributed by atoms with Gasteiger partial charge < -0.3 is 15.2 Å². The molecule has 2 rings (SSSR count). The third-order valence-corrected chi connectivity index (χ3v) is 2.84. The number of carbonyl (C=O) groups is 1. The van der Waals surface area contributed by atoms with Gasteiger partial charge in [-0.05, 0) is 18.2 Å². The van der Waals surface area contributed by atoms with Crippen LogP contribution in [0.3, 0.4) is 0 Å². The lowest BCUT2D eigenvalue weighted by atomic mass is 10.0. The zero-order valence-corrected chi connectivity index (χ0v) is 9.58. The normalized spacial score (nSPS) is 23.1. The van der Waals surface area contributed by atoms with E-state index >= 15 is 0 Å². The Bertz CT molecular complexity index is 459. The molecule has 18 heavy (non-hydrogen) atoms. The summed E-state index contributed by atoms with van der Waals surface area (Å²) >= 11 is 0. The van der Waals surface area contributed by atoms with Crippen molar-refractivity contribution in [1.82, 2.24) is 5.32 Å². The van der Waals surface area contributed by atoms with Crippen LogP contribution in [-0.2, 0) is 4.74 Å². The number of amides is 1. The molecule has 0 unspecified atom stereocenters. The highest BCUT2D eigenvalue weighted by Crippen LogP contribution is 2.17. The molecule has 0 saturated carbocycles. The fourth-order valence-electron chi connectivity index (χ4n) is 1.72. The number of halogens is 2. The Morgan fingerprint density at radius 3 is 2.83 bits per heavy atom. The molecule has 1 atom stereocenters. The summed E-state index contributed by atoms with van der Waals surface area (Å²) in [5, 5.41) is 12.4. The van der Waals surface area contributed by atoms with Crippen LogP contribution in [0.2, 0.25) is 0 Å². The van der Waals surface area contributed by atoms with Crippen molar-refractivity contribution in [1.29, 1.82) is 0 Å². The van der Waals surface area contributed by atoms with E-state index in [0.717, 1.165) is 12.1 Å². The van der Waals surface area contributed by atoms with Gasteiger partial charge in [-0.3, -0.25) is 4.79 Å². The van der Waals surface area contributed by atoms with E-state index in [9.17, 15) is 18.7 Å². The minimum Gasteiger partial charge on any atom is -0.386 e. The van der Waals surface area contributed by atoms with Crippen LogP contribution in [0, 0.1) is 11.6 Å². The lowest BCUT2D eigenvalue weighted by Gasteiger charge is -2.20. The first kappa shape index (κ1) is 12.9. The Morgan fingerprint density at radius 2 is 2.22 bits per heavy atom. The van der Waals surface area contributed by atoms with Crippen LogP contribution in [0.5, 0.6) is 0 Å². The number of rotatable bonds is 3. The van der Waals surface area contributed by atoms with Gasteiger partial charge in [0, 0.05) is 25.1 Å². The maximum absolute atomic E-state index is 12.9. The summed E-state index contributed by atoms with van der Waals surface area (Å²) in [4.78, 5) is 11.7. The van der Waals surface area contributed by atoms with Gasteiger partial charge in [-0.2, -0.15) is 0 Å². The average molecular weight is 257 g/mol. The molecule has 1 amide bonds. The SMILES string of the molecule is O=C(NC[C@]1(O)CCOC1)c1ccc(F)c(F)c1. The number of aliphatic hydroxyl groups is 1. The molecular formula is C12H13F2NO3. The van der Waals surface area contributed by atoms with Crippen molar-refractivity contribution in [3.05, 3.63) is 35.4 Å². The first-order valence-electron chi connectivity index (χ1n) is 5.54. The van der Waals surface area contributed by atoms with Crippen molar-refractivity contribution in [2.24, 2.45) is 0 Å². The zero-order valence-electron chi connectivity index (χ0n) is 9.58. The van der Waals surface area contributed by atoms with Crippen molar-refractivity contribution in [3.8, 4) is 0 Å². The summed E-state index contributed by atoms with van der Waals surface area (Å²) in [6, 6.07) is 2.89. The van der Waals surface area contributed by atoms with Crippen LogP contribution in [0.25, 0.3) is 0 Å². The number of hydrogen-bond acceptors (Lipinski definition) is 3. The molecule has 1 fully saturated rings. The fraction of sp³-hybridized carbons (Fsp3) is 0.417. The summed E-state index contributed by atoms with van der Waals surface area (Å²) in [7, 11) is 0. The first-order valence-corrected chi connectivity index (χ1v) is 5.54. The van der Waals surface area contributed by atoms with Crippen LogP contribution in [0.4, 0.5) is 8.78 Å². The van der Waals surface area contributed by atoms with Crippen molar-refractivity contribution in [2.45, 2.75) is 12.0 Å². The second kappa shape index (κ2) is 4.99. The zero-order chi connectivity index (χ0) is 13.2. The third-order valence-electron chi connectivity index (χ3n) is 2.84. The molecule has 0 aromatic heterocycles. The standard InChI is InChI=1S/C12H13F2NO3/c13-9-2-1-8(5-10(9)14)11(16)15-6-12(17)3-4-18-7-12/h1-2,5,17H,3-4,6-7H2,(H,15,16)/t12-/m1/s1. The topological polar surface area (TPSA) is 58.6 Å². The molecule has 1 aliphatic rings. The van der Waals surface area contributed by atoms with E-state index in [1.165, 1.54) is 6.07 Å². The number of ether oxygens (including phenoxy) is 1. The van der Waals surface area contributed by atoms with E-state index < -0.39 is 23.1 Å². The number of nitrogens with one attached hydrogen (secondary N) is 1. The van der Waals surface area contributed by atoms with Crippen LogP contribution in [0.15, 0.2) is 18.2 Å². The largest absolute Gasteiger partial charge is 0.386 e. The minimum absolute atomic E-state index is 0.0106. The Kier molecular flexibility index (Phi) is 3.58. The van der Waals surface area contributed by atoms with Crippen molar-refractivity contribution < 1.29 is 23.4 Å². The van der Waals surface area contributed by atoms with Crippen molar-refractivity contribution >= 4 is 5.91 Å². The predicted octanol–water partition coefficient (Wildman–Crippen LogP) is 0.846. The Morgan fingerprint density at radius 1 is 1.44 bits per heavy atom. The van der Waals surface area contributed by atoms with Gasteiger partial charge in [0.2, 0.25) is 0 Å². The highest BCUT2D eigenvalue weighted by Gasteiger charge is 2.32. The predicted molar refractivity (Wildman–Crippen MR) is 59.1 cm³/mol. The highest BCUT2D eigenvalue weighted by atomic mass is 19.2. The molecule has 6 heteroatoms. The summed E-state index contributed by atoms with van der Waals surface area (Å²) in [5.41, 5.74) is -1.06. The van der Waals surface area contributed by atoms with E-state index in [-0.39, 0.29) is 18.7 Å². The van der Waals surface area contributed by atoms with Gasteiger partial charge in [0.25, 0.3) is 5.91 Å². The first-order chi connectivity index (χ1) is 8.50. The number of carbonyl (C=O) groups excluding carboxylic acids is 1. The molecule has 2 N–H and O–H groups in total. The van der Waals surface area contributed by atoms with Crippen molar-refractivity contribution in [3.63, 3.8) is 0 Å². The lowest BCUT2D eigenvalue weighted by Crippen LogP contribution is -2.43. The van der Waals surface area contributed by atoms with Crippen LogP contribution in [-0.4, -0.2) is 36.4 Å². The van der Waals surface area contributed by atoms with Gasteiger partial charge in [0.15, 0.2) is 11.6 Å². The second-order valence-corrected chi connectivity index (χ2v) is 4.34. The van der Waals surface area contributed by atoms with Gasteiger partial charge in [-0.25, -0.2) is 8.78 Å². The molecular weight excluding hydrogens is 244 g/mol. The maximum atomic E-state index is 12.9. The molecule has 0 bridgehead atoms. The van der Waals surface area contributed by atoms with Crippen LogP contribution >= 0.6 is 0 Å². The summed E-state index contributed by atoms with van der Waals surface area (Å²) in [5.74, 6) is -2.64. The molecule has 1 heterocycles. The molecule has 1 aromatic carbocycles. The monoisotopic (exact) mass is 257 g/mol. The molecule has 0 aliphatic carbocycles. The third kappa shape index (κ3) is 2.83. The van der Waals surface area contributed by atoms with Gasteiger partial charge in [-0.15, -0.1) is 0 Å². The second-order valence-electron chi connectivity index (χ2n) is 4.34. The van der Waals surface area contributed by atoms with E-state index in [4.69, 9.17) is 4.74 Å². The minimum atomic E-state index is -1.08. The van der Waals surface area contributed by atoms with Crippen LogP contribution < -0.4 is 5.32 Å². The molecule has 0 spiro atoms. The number of hydrogen-bond donors (Lipinski definition) is 2. The summed E-state index contributed by atoms with van der Waals surface area (Å²) in [6.45, 7) is 0.618. The average Bonchev–Trinajstić information content (AvgIpc) is 2.77. The van der Waals surface area contributed by atoms with E-state index in [2.05, 4.69) is 5.32 Å². The molecule has 98 valence electrons. The molecule has 4 nitrogen and oxygen atoms in total. The quantitative estimate of drug-likeness (QED) is 0.843. The molecule has 0 radical (unpaired) electrons. The van der Waals surface area contributed by atoms with E-state index in [1.54, 1.807) is 0 Å². The van der Waals surface area contributed by atoms with Crippen LogP contribution in [0.1, 0.15) is 16.8 Å². The lowest BCUT2D eigenvalue weighted by molar-refractivity contribution is 0.0264. The summed E-state index contributed by atoms with van der Waals surface area (Å²) in [6.07, 6.45) is 0.436. The van der Waals surface area contributed by atoms with Gasteiger partial charge >= 0.3 is 0 Å². The molecule has 1 saturated heterocycles. The Hall–Kier alpha value is -1.53.